The van der Waals surface area contributed by atoms with Crippen molar-refractivity contribution in [1.82, 2.24) is 20.2 Å². The van der Waals surface area contributed by atoms with Crippen molar-refractivity contribution in [3.63, 3.8) is 0 Å². The van der Waals surface area contributed by atoms with Crippen LogP contribution < -0.4 is 10.1 Å². The first-order chi connectivity index (χ1) is 19.1. The maximum Gasteiger partial charge on any atom is 0.336 e. The summed E-state index contributed by atoms with van der Waals surface area (Å²) in [7, 11) is 0. The fourth-order valence-corrected chi connectivity index (χ4v) is 4.72. The highest BCUT2D eigenvalue weighted by Crippen LogP contribution is 2.29. The van der Waals surface area contributed by atoms with Crippen molar-refractivity contribution in [3.05, 3.63) is 29.6 Å². The number of benzene rings is 1. The van der Waals surface area contributed by atoms with E-state index in [0.717, 1.165) is 48.5 Å². The summed E-state index contributed by atoms with van der Waals surface area (Å²) in [4.78, 5) is 41.9. The minimum absolute atomic E-state index is 0.0896. The van der Waals surface area contributed by atoms with Crippen molar-refractivity contribution >= 4 is 29.5 Å². The number of aryl methyl sites for hydroxylation is 2. The summed E-state index contributed by atoms with van der Waals surface area (Å²) in [6, 6.07) is 6.38. The van der Waals surface area contributed by atoms with Crippen LogP contribution >= 0.6 is 0 Å². The van der Waals surface area contributed by atoms with Crippen molar-refractivity contribution in [2.24, 2.45) is 0 Å². The second-order valence-electron chi connectivity index (χ2n) is 9.98. The van der Waals surface area contributed by atoms with Crippen LogP contribution in [-0.4, -0.2) is 76.7 Å². The number of carboxylic acids is 3. The monoisotopic (exact) mass is 561 g/mol. The fraction of sp³-hybridized carbons (Fsp3) is 0.577. The molecule has 1 fully saturated rings. The Morgan fingerprint density at radius 1 is 1.02 bits per heavy atom. The van der Waals surface area contributed by atoms with Gasteiger partial charge in [-0.3, -0.25) is 14.4 Å². The van der Waals surface area contributed by atoms with Crippen molar-refractivity contribution < 1.29 is 44.3 Å². The molecule has 1 aromatic carbocycles. The standard InChI is InChI=1S/C20H27N5O2.C6H8O7/c26-20-12-9-15-14-17(10-11-18(15)21-20)27-13-5-4-8-19-22-23-24-25(19)16-6-2-1-3-7-16;7-3(8)1-6(13,5(11)12)2-4(9)10/h10-11,14,16H,1-9,12-13H2,(H,21,26);13H,1-2H2,(H,7,8)(H,9,10)(H,11,12). The second-order valence-corrected chi connectivity index (χ2v) is 9.98. The van der Waals surface area contributed by atoms with E-state index in [1.165, 1.54) is 32.1 Å². The Bertz CT molecular complexity index is 1180. The second kappa shape index (κ2) is 14.4. The summed E-state index contributed by atoms with van der Waals surface area (Å²) >= 11 is 0. The van der Waals surface area contributed by atoms with Crippen LogP contribution in [0.15, 0.2) is 18.2 Å². The molecule has 0 spiro atoms. The zero-order chi connectivity index (χ0) is 29.1. The highest BCUT2D eigenvalue weighted by atomic mass is 16.5. The van der Waals surface area contributed by atoms with Crippen LogP contribution in [0, 0.1) is 0 Å². The minimum Gasteiger partial charge on any atom is -0.494 e. The zero-order valence-electron chi connectivity index (χ0n) is 22.1. The van der Waals surface area contributed by atoms with Gasteiger partial charge in [-0.2, -0.15) is 0 Å². The van der Waals surface area contributed by atoms with Gasteiger partial charge in [0, 0.05) is 18.5 Å². The number of aromatic nitrogens is 4. The first kappa shape index (κ1) is 30.5. The lowest BCUT2D eigenvalue weighted by Gasteiger charge is -2.22. The van der Waals surface area contributed by atoms with Crippen LogP contribution in [0.2, 0.25) is 0 Å². The zero-order valence-corrected chi connectivity index (χ0v) is 22.1. The molecule has 0 unspecified atom stereocenters. The van der Waals surface area contributed by atoms with E-state index in [2.05, 4.69) is 25.5 Å². The SMILES string of the molecule is O=C(O)CC(O)(CC(=O)O)C(=O)O.O=C1CCc2cc(OCCCCc3nnnn3C3CCCCC3)ccc2N1. The predicted octanol–water partition coefficient (Wildman–Crippen LogP) is 2.22. The van der Waals surface area contributed by atoms with Gasteiger partial charge in [-0.15, -0.1) is 5.10 Å². The topological polar surface area (TPSA) is 214 Å². The molecule has 0 bridgehead atoms. The lowest BCUT2D eigenvalue weighted by molar-refractivity contribution is -0.170. The van der Waals surface area contributed by atoms with Gasteiger partial charge in [-0.05, 0) is 66.3 Å². The van der Waals surface area contributed by atoms with Crippen molar-refractivity contribution in [2.75, 3.05) is 11.9 Å². The summed E-state index contributed by atoms with van der Waals surface area (Å²) in [5.41, 5.74) is -0.676. The van der Waals surface area contributed by atoms with E-state index in [-0.39, 0.29) is 5.91 Å². The quantitative estimate of drug-likeness (QED) is 0.236. The number of nitrogens with zero attached hydrogens (tertiary/aromatic N) is 4. The minimum atomic E-state index is -2.74. The number of amides is 1. The fourth-order valence-electron chi connectivity index (χ4n) is 4.72. The smallest absolute Gasteiger partial charge is 0.336 e. The van der Waals surface area contributed by atoms with Crippen molar-refractivity contribution in [1.29, 1.82) is 0 Å². The van der Waals surface area contributed by atoms with E-state index in [9.17, 15) is 19.2 Å². The normalized spacial score (nSPS) is 15.3. The van der Waals surface area contributed by atoms with E-state index in [1.807, 2.05) is 18.2 Å². The Balaban J connectivity index is 0.000000289. The number of hydrogen-bond donors (Lipinski definition) is 5. The number of carboxylic acid groups (broad SMARTS) is 3. The molecule has 2 aliphatic rings. The number of unbranched alkanes of at least 4 members (excludes halogenated alkanes) is 1. The molecule has 1 aliphatic heterocycles. The highest BCUT2D eigenvalue weighted by Gasteiger charge is 2.40. The molecule has 1 aromatic heterocycles. The van der Waals surface area contributed by atoms with Crippen LogP contribution in [0.25, 0.3) is 0 Å². The molecule has 218 valence electrons. The number of fused-ring (bicyclic) bond motifs is 1. The largest absolute Gasteiger partial charge is 0.494 e. The first-order valence-electron chi connectivity index (χ1n) is 13.3. The van der Waals surface area contributed by atoms with E-state index < -0.39 is 36.4 Å². The van der Waals surface area contributed by atoms with E-state index in [4.69, 9.17) is 25.2 Å². The van der Waals surface area contributed by atoms with Gasteiger partial charge >= 0.3 is 17.9 Å². The third-order valence-corrected chi connectivity index (χ3v) is 6.80. The number of tetrazole rings is 1. The molecule has 0 radical (unpaired) electrons. The van der Waals surface area contributed by atoms with Gasteiger partial charge < -0.3 is 30.5 Å². The Morgan fingerprint density at radius 3 is 2.38 bits per heavy atom. The lowest BCUT2D eigenvalue weighted by atomic mass is 9.95. The molecule has 1 saturated carbocycles. The van der Waals surface area contributed by atoms with Gasteiger partial charge in [-0.1, -0.05) is 19.3 Å². The number of hydrogen-bond acceptors (Lipinski definition) is 9. The van der Waals surface area contributed by atoms with Crippen LogP contribution in [0.5, 0.6) is 5.75 Å². The average Bonchev–Trinajstić information content (AvgIpc) is 3.37. The number of aliphatic carboxylic acids is 3. The molecule has 1 amide bonds. The summed E-state index contributed by atoms with van der Waals surface area (Å²) in [6.45, 7) is 0.677. The van der Waals surface area contributed by atoms with Gasteiger partial charge in [-0.25, -0.2) is 9.48 Å². The first-order valence-corrected chi connectivity index (χ1v) is 13.3. The molecule has 4 rings (SSSR count). The highest BCUT2D eigenvalue weighted by molar-refractivity contribution is 5.94. The van der Waals surface area contributed by atoms with Crippen molar-refractivity contribution in [3.8, 4) is 5.75 Å². The molecule has 0 saturated heterocycles. The van der Waals surface area contributed by atoms with Crippen LogP contribution in [-0.2, 0) is 32.0 Å². The number of anilines is 1. The molecule has 5 N–H and O–H groups in total. The van der Waals surface area contributed by atoms with Gasteiger partial charge in [0.15, 0.2) is 11.4 Å². The number of carbonyl (C=O) groups is 4. The third kappa shape index (κ3) is 9.00. The maximum absolute atomic E-state index is 11.4. The van der Waals surface area contributed by atoms with Crippen molar-refractivity contribution in [2.45, 2.75) is 88.7 Å². The summed E-state index contributed by atoms with van der Waals surface area (Å²) < 4.78 is 7.95. The Labute approximate surface area is 230 Å². The number of carbonyl (C=O) groups excluding carboxylic acids is 1. The number of nitrogens with one attached hydrogen (secondary N) is 1. The van der Waals surface area contributed by atoms with Crippen LogP contribution in [0.4, 0.5) is 5.69 Å². The third-order valence-electron chi connectivity index (χ3n) is 6.80. The summed E-state index contributed by atoms with van der Waals surface area (Å²) in [5.74, 6) is -3.05. The Kier molecular flexibility index (Phi) is 10.9. The van der Waals surface area contributed by atoms with E-state index in [0.29, 0.717) is 19.1 Å². The predicted molar refractivity (Wildman–Crippen MR) is 139 cm³/mol. The molecular formula is C26H35N5O9. The average molecular weight is 562 g/mol. The molecule has 14 nitrogen and oxygen atoms in total. The van der Waals surface area contributed by atoms with Crippen LogP contribution in [0.3, 0.4) is 0 Å². The van der Waals surface area contributed by atoms with Gasteiger partial charge in [0.25, 0.3) is 0 Å². The molecule has 14 heteroatoms. The maximum atomic E-state index is 11.4. The number of rotatable bonds is 12. The summed E-state index contributed by atoms with van der Waals surface area (Å²) in [5, 5.41) is 49.1. The molecule has 1 aliphatic carbocycles. The Hall–Kier alpha value is -4.07. The van der Waals surface area contributed by atoms with Gasteiger partial charge in [0.1, 0.15) is 5.75 Å². The lowest BCUT2D eigenvalue weighted by Crippen LogP contribution is -2.42. The van der Waals surface area contributed by atoms with E-state index in [1.54, 1.807) is 0 Å². The molecule has 0 atom stereocenters. The summed E-state index contributed by atoms with van der Waals surface area (Å²) in [6.07, 6.45) is 8.19. The molecule has 2 aromatic rings. The Morgan fingerprint density at radius 2 is 1.73 bits per heavy atom. The number of aliphatic hydroxyl groups is 1. The molecular weight excluding hydrogens is 526 g/mol. The molecule has 40 heavy (non-hydrogen) atoms. The van der Waals surface area contributed by atoms with E-state index >= 15 is 0 Å². The van der Waals surface area contributed by atoms with Crippen LogP contribution in [0.1, 0.15) is 81.6 Å². The van der Waals surface area contributed by atoms with Gasteiger partial charge in [0.2, 0.25) is 5.91 Å². The molecule has 2 heterocycles. The number of ether oxygens (including phenoxy) is 1. The van der Waals surface area contributed by atoms with Gasteiger partial charge in [0.05, 0.1) is 25.5 Å².